The van der Waals surface area contributed by atoms with E-state index in [1.54, 1.807) is 12.1 Å². The summed E-state index contributed by atoms with van der Waals surface area (Å²) in [6, 6.07) is 17.1. The Labute approximate surface area is 165 Å². The molecule has 6 nitrogen and oxygen atoms in total. The predicted octanol–water partition coefficient (Wildman–Crippen LogP) is 3.88. The molecule has 1 amide bonds. The first-order chi connectivity index (χ1) is 13.1. The molecule has 0 aromatic heterocycles. The number of carbonyl (C=O) groups excluding carboxylic acids is 1. The molecule has 0 aliphatic carbocycles. The first-order valence-corrected chi connectivity index (χ1v) is 8.98. The molecular weight excluding hydrogens is 410 g/mol. The van der Waals surface area contributed by atoms with Gasteiger partial charge in [0.25, 0.3) is 5.91 Å². The van der Waals surface area contributed by atoms with Crippen LogP contribution in [0.25, 0.3) is 10.8 Å². The lowest BCUT2D eigenvalue weighted by Crippen LogP contribution is -2.25. The van der Waals surface area contributed by atoms with Crippen LogP contribution in [0.15, 0.2) is 64.2 Å². The van der Waals surface area contributed by atoms with Crippen molar-refractivity contribution < 1.29 is 14.6 Å². The number of phenolic OH excluding ortho intramolecular Hbond substituents is 1. The van der Waals surface area contributed by atoms with Crippen molar-refractivity contribution in [3.8, 4) is 11.5 Å². The summed E-state index contributed by atoms with van der Waals surface area (Å²) in [7, 11) is 1.46. The van der Waals surface area contributed by atoms with Crippen LogP contribution in [-0.2, 0) is 4.79 Å². The highest BCUT2D eigenvalue weighted by Crippen LogP contribution is 2.34. The molecule has 0 atom stereocenters. The van der Waals surface area contributed by atoms with Crippen LogP contribution < -0.4 is 15.5 Å². The Hall–Kier alpha value is -3.06. The number of fused-ring (bicyclic) bond motifs is 1. The first kappa shape index (κ1) is 18.7. The quantitative estimate of drug-likeness (QED) is 0.411. The number of nitrogens with one attached hydrogen (secondary N) is 2. The molecule has 0 radical (unpaired) electrons. The number of phenols is 1. The van der Waals surface area contributed by atoms with Gasteiger partial charge >= 0.3 is 0 Å². The average Bonchev–Trinajstić information content (AvgIpc) is 2.68. The molecule has 0 saturated heterocycles. The van der Waals surface area contributed by atoms with Gasteiger partial charge in [0.05, 0.1) is 24.3 Å². The zero-order valence-corrected chi connectivity index (χ0v) is 16.2. The smallest absolute Gasteiger partial charge is 0.259 e. The van der Waals surface area contributed by atoms with E-state index >= 15 is 0 Å². The molecule has 0 aliphatic rings. The van der Waals surface area contributed by atoms with Crippen LogP contribution >= 0.6 is 15.9 Å². The summed E-state index contributed by atoms with van der Waals surface area (Å²) in [6.07, 6.45) is 1.47. The van der Waals surface area contributed by atoms with E-state index < -0.39 is 0 Å². The van der Waals surface area contributed by atoms with Gasteiger partial charge in [-0.05, 0) is 45.1 Å². The lowest BCUT2D eigenvalue weighted by molar-refractivity contribution is -0.119. The minimum atomic E-state index is -0.274. The van der Waals surface area contributed by atoms with Crippen LogP contribution in [0.5, 0.6) is 11.5 Å². The Balaban J connectivity index is 1.60. The van der Waals surface area contributed by atoms with Gasteiger partial charge in [-0.1, -0.05) is 36.4 Å². The van der Waals surface area contributed by atoms with Crippen molar-refractivity contribution in [2.24, 2.45) is 5.10 Å². The van der Waals surface area contributed by atoms with Gasteiger partial charge in [0, 0.05) is 11.1 Å². The van der Waals surface area contributed by atoms with Crippen LogP contribution in [0.4, 0.5) is 5.69 Å². The highest BCUT2D eigenvalue weighted by Gasteiger charge is 2.08. The van der Waals surface area contributed by atoms with E-state index in [-0.39, 0.29) is 18.2 Å². The molecule has 0 fully saturated rings. The number of carbonyl (C=O) groups is 1. The lowest BCUT2D eigenvalue weighted by Gasteiger charge is -2.09. The maximum Gasteiger partial charge on any atom is 0.259 e. The predicted molar refractivity (Wildman–Crippen MR) is 111 cm³/mol. The fourth-order valence-electron chi connectivity index (χ4n) is 2.60. The third-order valence-electron chi connectivity index (χ3n) is 3.90. The van der Waals surface area contributed by atoms with E-state index in [0.29, 0.717) is 15.8 Å². The number of amides is 1. The molecule has 3 rings (SSSR count). The van der Waals surface area contributed by atoms with E-state index in [1.165, 1.54) is 13.3 Å². The largest absolute Gasteiger partial charge is 0.503 e. The fourth-order valence-corrected chi connectivity index (χ4v) is 3.06. The molecule has 0 unspecified atom stereocenters. The number of methoxy groups -OCH3 is 1. The average molecular weight is 428 g/mol. The second-order valence-electron chi connectivity index (χ2n) is 5.73. The highest BCUT2D eigenvalue weighted by atomic mass is 79.9. The van der Waals surface area contributed by atoms with Crippen molar-refractivity contribution in [1.82, 2.24) is 5.43 Å². The van der Waals surface area contributed by atoms with Crippen LogP contribution in [0.1, 0.15) is 5.56 Å². The standard InChI is InChI=1S/C20H18BrN3O3/c1-27-18-10-13(9-16(21)20(18)26)11-23-24-19(25)12-22-17-8-4-6-14-5-2-3-7-15(14)17/h2-11,22,26H,12H2,1H3,(H,24,25)/b23-11+. The van der Waals surface area contributed by atoms with Crippen LogP contribution in [0.3, 0.4) is 0 Å². The van der Waals surface area contributed by atoms with Crippen molar-refractivity contribution in [1.29, 1.82) is 0 Å². The number of halogens is 1. The fraction of sp³-hybridized carbons (Fsp3) is 0.100. The third-order valence-corrected chi connectivity index (χ3v) is 4.51. The molecule has 0 aliphatic heterocycles. The molecule has 27 heavy (non-hydrogen) atoms. The zero-order chi connectivity index (χ0) is 19.2. The molecule has 0 heterocycles. The number of aromatic hydroxyl groups is 1. The van der Waals surface area contributed by atoms with Crippen LogP contribution in [0.2, 0.25) is 0 Å². The molecule has 138 valence electrons. The Bertz CT molecular complexity index is 1000. The van der Waals surface area contributed by atoms with Gasteiger partial charge in [-0.25, -0.2) is 5.43 Å². The number of nitrogens with zero attached hydrogens (tertiary/aromatic N) is 1. The van der Waals surface area contributed by atoms with Gasteiger partial charge in [0.1, 0.15) is 0 Å². The van der Waals surface area contributed by atoms with Crippen molar-refractivity contribution in [2.75, 3.05) is 19.0 Å². The van der Waals surface area contributed by atoms with Gasteiger partial charge in [-0.3, -0.25) is 4.79 Å². The molecule has 0 spiro atoms. The normalized spacial score (nSPS) is 10.9. The topological polar surface area (TPSA) is 83.0 Å². The SMILES string of the molecule is COc1cc(/C=N/NC(=O)CNc2cccc3ccccc23)cc(Br)c1O. The summed E-state index contributed by atoms with van der Waals surface area (Å²) in [6.45, 7) is 0.0912. The second-order valence-corrected chi connectivity index (χ2v) is 6.58. The Kier molecular flexibility index (Phi) is 5.93. The summed E-state index contributed by atoms with van der Waals surface area (Å²) in [4.78, 5) is 12.0. The zero-order valence-electron chi connectivity index (χ0n) is 14.6. The van der Waals surface area contributed by atoms with Crippen LogP contribution in [0, 0.1) is 0 Å². The number of ether oxygens (including phenoxy) is 1. The number of anilines is 1. The van der Waals surface area contributed by atoms with Crippen molar-refractivity contribution in [2.45, 2.75) is 0 Å². The molecule has 7 heteroatoms. The van der Waals surface area contributed by atoms with Crippen molar-refractivity contribution in [3.63, 3.8) is 0 Å². The Morgan fingerprint density at radius 3 is 2.81 bits per heavy atom. The number of hydrogen-bond donors (Lipinski definition) is 3. The van der Waals surface area contributed by atoms with Gasteiger partial charge in [-0.2, -0.15) is 5.10 Å². The number of hydrazone groups is 1. The minimum Gasteiger partial charge on any atom is -0.503 e. The molecular formula is C20H18BrN3O3. The van der Waals surface area contributed by atoms with E-state index in [9.17, 15) is 9.90 Å². The summed E-state index contributed by atoms with van der Waals surface area (Å²) in [5.74, 6) is 0.0525. The van der Waals surface area contributed by atoms with Gasteiger partial charge in [0.15, 0.2) is 11.5 Å². The Morgan fingerprint density at radius 1 is 1.22 bits per heavy atom. The van der Waals surface area contributed by atoms with Crippen molar-refractivity contribution >= 4 is 44.5 Å². The van der Waals surface area contributed by atoms with E-state index in [2.05, 4.69) is 31.8 Å². The number of benzene rings is 3. The molecule has 3 N–H and O–H groups in total. The molecule has 3 aromatic rings. The second kappa shape index (κ2) is 8.55. The van der Waals surface area contributed by atoms with E-state index in [4.69, 9.17) is 4.74 Å². The maximum atomic E-state index is 12.0. The molecule has 3 aromatic carbocycles. The number of hydrogen-bond acceptors (Lipinski definition) is 5. The first-order valence-electron chi connectivity index (χ1n) is 8.18. The van der Waals surface area contributed by atoms with E-state index in [1.807, 2.05) is 42.5 Å². The Morgan fingerprint density at radius 2 is 2.00 bits per heavy atom. The third kappa shape index (κ3) is 4.57. The summed E-state index contributed by atoms with van der Waals surface area (Å²) in [5, 5.41) is 19.0. The van der Waals surface area contributed by atoms with Gasteiger partial charge in [0.2, 0.25) is 0 Å². The van der Waals surface area contributed by atoms with Crippen molar-refractivity contribution in [3.05, 3.63) is 64.6 Å². The monoisotopic (exact) mass is 427 g/mol. The highest BCUT2D eigenvalue weighted by molar-refractivity contribution is 9.10. The van der Waals surface area contributed by atoms with Gasteiger partial charge in [-0.15, -0.1) is 0 Å². The summed E-state index contributed by atoms with van der Waals surface area (Å²) in [5.41, 5.74) is 4.02. The molecule has 0 bridgehead atoms. The van der Waals surface area contributed by atoms with Gasteiger partial charge < -0.3 is 15.2 Å². The van der Waals surface area contributed by atoms with E-state index in [0.717, 1.165) is 16.5 Å². The van der Waals surface area contributed by atoms with Crippen LogP contribution in [-0.4, -0.2) is 30.9 Å². The summed E-state index contributed by atoms with van der Waals surface area (Å²) >= 11 is 3.24. The maximum absolute atomic E-state index is 12.0. The lowest BCUT2D eigenvalue weighted by atomic mass is 10.1. The molecule has 0 saturated carbocycles. The summed E-state index contributed by atoms with van der Waals surface area (Å²) < 4.78 is 5.56. The number of rotatable bonds is 6. The minimum absolute atomic E-state index is 0.0120.